The van der Waals surface area contributed by atoms with Crippen LogP contribution >= 0.6 is 11.6 Å². The second kappa shape index (κ2) is 8.39. The number of carbonyl (C=O) groups is 2. The third-order valence-electron chi connectivity index (χ3n) is 4.62. The Hall–Kier alpha value is -3.64. The van der Waals surface area contributed by atoms with Crippen molar-refractivity contribution in [2.24, 2.45) is 0 Å². The van der Waals surface area contributed by atoms with Gasteiger partial charge in [-0.3, -0.25) is 20.4 Å². The van der Waals surface area contributed by atoms with Crippen LogP contribution in [0.3, 0.4) is 0 Å². The van der Waals surface area contributed by atoms with Crippen LogP contribution < -0.4 is 15.6 Å². The van der Waals surface area contributed by atoms with Crippen molar-refractivity contribution < 1.29 is 14.3 Å². The lowest BCUT2D eigenvalue weighted by atomic mass is 10.1. The minimum atomic E-state index is -0.797. The monoisotopic (exact) mass is 419 g/mol. The van der Waals surface area contributed by atoms with Crippen molar-refractivity contribution >= 4 is 45.1 Å². The molecule has 0 radical (unpaired) electrons. The molecule has 3 aromatic carbocycles. The van der Waals surface area contributed by atoms with Gasteiger partial charge >= 0.3 is 0 Å². The predicted molar refractivity (Wildman–Crippen MR) is 116 cm³/mol. The molecule has 2 amide bonds. The Kier molecular flexibility index (Phi) is 5.50. The molecule has 0 spiro atoms. The van der Waals surface area contributed by atoms with Crippen LogP contribution in [0.1, 0.15) is 17.3 Å². The lowest BCUT2D eigenvalue weighted by Gasteiger charge is -2.15. The summed E-state index contributed by atoms with van der Waals surface area (Å²) in [5.41, 5.74) is 5.87. The van der Waals surface area contributed by atoms with E-state index in [1.807, 2.05) is 36.4 Å². The lowest BCUT2D eigenvalue weighted by Crippen LogP contribution is -2.47. The highest BCUT2D eigenvalue weighted by atomic mass is 35.5. The first-order valence-electron chi connectivity index (χ1n) is 9.31. The molecule has 1 aromatic heterocycles. The highest BCUT2D eigenvalue weighted by molar-refractivity contribution is 6.29. The first-order chi connectivity index (χ1) is 14.5. The molecule has 2 N–H and O–H groups in total. The fourth-order valence-electron chi connectivity index (χ4n) is 3.03. The van der Waals surface area contributed by atoms with Crippen LogP contribution in [0.25, 0.3) is 21.7 Å². The molecule has 1 heterocycles. The molecule has 4 aromatic rings. The Morgan fingerprint density at radius 1 is 0.900 bits per heavy atom. The standard InChI is InChI=1S/C23H18ClN3O3/c1-14(30-19-9-6-15-4-2-3-5-16(15)13-19)22(28)26-27-23(29)18-7-10-20-17(12-18)8-11-21(24)25-20/h2-14H,1H3,(H,26,28)(H,27,29). The number of nitrogens with zero attached hydrogens (tertiary/aromatic N) is 1. The van der Waals surface area contributed by atoms with E-state index in [0.717, 1.165) is 16.2 Å². The number of pyridine rings is 1. The Morgan fingerprint density at radius 2 is 1.67 bits per heavy atom. The maximum Gasteiger partial charge on any atom is 0.279 e. The molecule has 1 atom stereocenters. The van der Waals surface area contributed by atoms with Gasteiger partial charge in [-0.05, 0) is 60.2 Å². The zero-order valence-corrected chi connectivity index (χ0v) is 16.8. The number of rotatable bonds is 4. The Balaban J connectivity index is 1.37. The smallest absolute Gasteiger partial charge is 0.279 e. The van der Waals surface area contributed by atoms with Gasteiger partial charge in [0.1, 0.15) is 10.9 Å². The fourth-order valence-corrected chi connectivity index (χ4v) is 3.19. The van der Waals surface area contributed by atoms with Gasteiger partial charge in [0.05, 0.1) is 5.52 Å². The molecule has 0 saturated heterocycles. The van der Waals surface area contributed by atoms with Crippen LogP contribution in [0.2, 0.25) is 5.15 Å². The number of hydrogen-bond donors (Lipinski definition) is 2. The van der Waals surface area contributed by atoms with Crippen LogP contribution in [0.4, 0.5) is 0 Å². The van der Waals surface area contributed by atoms with E-state index in [9.17, 15) is 9.59 Å². The van der Waals surface area contributed by atoms with E-state index < -0.39 is 17.9 Å². The highest BCUT2D eigenvalue weighted by Crippen LogP contribution is 2.21. The maximum atomic E-state index is 12.4. The first kappa shape index (κ1) is 19.7. The number of aromatic nitrogens is 1. The molecular formula is C23H18ClN3O3. The molecule has 0 aliphatic carbocycles. The number of benzene rings is 3. The molecule has 0 fully saturated rings. The molecule has 7 heteroatoms. The minimum absolute atomic E-state index is 0.382. The van der Waals surface area contributed by atoms with Crippen LogP contribution in [-0.4, -0.2) is 22.9 Å². The number of ether oxygens (including phenoxy) is 1. The summed E-state index contributed by atoms with van der Waals surface area (Å²) in [6, 6.07) is 21.9. The van der Waals surface area contributed by atoms with E-state index in [1.165, 1.54) is 0 Å². The highest BCUT2D eigenvalue weighted by Gasteiger charge is 2.16. The second-order valence-electron chi connectivity index (χ2n) is 6.75. The normalized spacial score (nSPS) is 11.8. The third kappa shape index (κ3) is 4.34. The van der Waals surface area contributed by atoms with Gasteiger partial charge in [0, 0.05) is 10.9 Å². The van der Waals surface area contributed by atoms with Crippen LogP contribution in [-0.2, 0) is 4.79 Å². The molecule has 0 bridgehead atoms. The number of halogens is 1. The molecule has 4 rings (SSSR count). The van der Waals surface area contributed by atoms with Gasteiger partial charge in [-0.25, -0.2) is 4.98 Å². The van der Waals surface area contributed by atoms with E-state index in [-0.39, 0.29) is 0 Å². The number of fused-ring (bicyclic) bond motifs is 2. The average Bonchev–Trinajstić information content (AvgIpc) is 2.76. The van der Waals surface area contributed by atoms with Gasteiger partial charge < -0.3 is 4.74 Å². The molecule has 0 saturated carbocycles. The molecule has 150 valence electrons. The molecule has 1 unspecified atom stereocenters. The van der Waals surface area contributed by atoms with E-state index in [2.05, 4.69) is 15.8 Å². The average molecular weight is 420 g/mol. The summed E-state index contributed by atoms with van der Waals surface area (Å²) >= 11 is 5.87. The fraction of sp³-hybridized carbons (Fsp3) is 0.0870. The Morgan fingerprint density at radius 3 is 2.50 bits per heavy atom. The van der Waals surface area contributed by atoms with Gasteiger partial charge in [0.25, 0.3) is 11.8 Å². The molecule has 30 heavy (non-hydrogen) atoms. The van der Waals surface area contributed by atoms with Gasteiger partial charge in [0.2, 0.25) is 0 Å². The van der Waals surface area contributed by atoms with E-state index in [0.29, 0.717) is 22.0 Å². The van der Waals surface area contributed by atoms with Crippen molar-refractivity contribution in [1.82, 2.24) is 15.8 Å². The summed E-state index contributed by atoms with van der Waals surface area (Å²) in [5.74, 6) is -0.341. The quantitative estimate of drug-likeness (QED) is 0.382. The van der Waals surface area contributed by atoms with Crippen molar-refractivity contribution in [3.8, 4) is 5.75 Å². The number of hydrazine groups is 1. The second-order valence-corrected chi connectivity index (χ2v) is 7.14. The summed E-state index contributed by atoms with van der Waals surface area (Å²) in [6.07, 6.45) is -0.797. The predicted octanol–water partition coefficient (Wildman–Crippen LogP) is 4.27. The Labute approximate surface area is 177 Å². The van der Waals surface area contributed by atoms with Gasteiger partial charge in [0.15, 0.2) is 6.10 Å². The number of nitrogens with one attached hydrogen (secondary N) is 2. The number of carbonyl (C=O) groups excluding carboxylic acids is 2. The molecule has 6 nitrogen and oxygen atoms in total. The van der Waals surface area contributed by atoms with E-state index in [1.54, 1.807) is 43.3 Å². The third-order valence-corrected chi connectivity index (χ3v) is 4.83. The van der Waals surface area contributed by atoms with Crippen LogP contribution in [0.15, 0.2) is 72.8 Å². The van der Waals surface area contributed by atoms with Gasteiger partial charge in [-0.15, -0.1) is 0 Å². The van der Waals surface area contributed by atoms with Crippen molar-refractivity contribution in [2.75, 3.05) is 0 Å². The number of hydrogen-bond acceptors (Lipinski definition) is 4. The SMILES string of the molecule is CC(Oc1ccc2ccccc2c1)C(=O)NNC(=O)c1ccc2nc(Cl)ccc2c1. The number of amides is 2. The molecular weight excluding hydrogens is 402 g/mol. The summed E-state index contributed by atoms with van der Waals surface area (Å²) in [6.45, 7) is 1.61. The summed E-state index contributed by atoms with van der Waals surface area (Å²) in [7, 11) is 0. The zero-order chi connectivity index (χ0) is 21.1. The van der Waals surface area contributed by atoms with Gasteiger partial charge in [-0.2, -0.15) is 0 Å². The first-order valence-corrected chi connectivity index (χ1v) is 9.69. The summed E-state index contributed by atoms with van der Waals surface area (Å²) in [5, 5.41) is 3.25. The largest absolute Gasteiger partial charge is 0.481 e. The molecule has 0 aliphatic heterocycles. The van der Waals surface area contributed by atoms with Crippen molar-refractivity contribution in [3.05, 3.63) is 83.5 Å². The minimum Gasteiger partial charge on any atom is -0.481 e. The van der Waals surface area contributed by atoms with Gasteiger partial charge in [-0.1, -0.05) is 41.9 Å². The molecule has 0 aliphatic rings. The van der Waals surface area contributed by atoms with Crippen molar-refractivity contribution in [1.29, 1.82) is 0 Å². The van der Waals surface area contributed by atoms with Crippen molar-refractivity contribution in [3.63, 3.8) is 0 Å². The van der Waals surface area contributed by atoms with Crippen molar-refractivity contribution in [2.45, 2.75) is 13.0 Å². The topological polar surface area (TPSA) is 80.3 Å². The van der Waals surface area contributed by atoms with E-state index in [4.69, 9.17) is 16.3 Å². The lowest BCUT2D eigenvalue weighted by molar-refractivity contribution is -0.128. The van der Waals surface area contributed by atoms with Crippen LogP contribution in [0.5, 0.6) is 5.75 Å². The summed E-state index contributed by atoms with van der Waals surface area (Å²) in [4.78, 5) is 28.9. The summed E-state index contributed by atoms with van der Waals surface area (Å²) < 4.78 is 5.71. The van der Waals surface area contributed by atoms with E-state index >= 15 is 0 Å². The maximum absolute atomic E-state index is 12.4. The Bertz CT molecular complexity index is 1260. The zero-order valence-electron chi connectivity index (χ0n) is 16.1. The van der Waals surface area contributed by atoms with Crippen LogP contribution in [0, 0.1) is 0 Å².